The van der Waals surface area contributed by atoms with Gasteiger partial charge >= 0.3 is 0 Å². The number of fused-ring (bicyclic) bond motifs is 1. The van der Waals surface area contributed by atoms with Crippen LogP contribution in [0.25, 0.3) is 22.3 Å². The minimum absolute atomic E-state index is 0.0325. The Morgan fingerprint density at radius 3 is 2.65 bits per heavy atom. The Labute approximate surface area is 181 Å². The Bertz CT molecular complexity index is 1140. The normalized spacial score (nSPS) is 15.4. The first-order valence-corrected chi connectivity index (χ1v) is 10.8. The molecule has 7 heteroatoms. The number of carbonyl (C=O) groups is 2. The number of aryl methyl sites for hydroxylation is 1. The van der Waals surface area contributed by atoms with Crippen LogP contribution in [0.15, 0.2) is 42.6 Å². The van der Waals surface area contributed by atoms with Crippen molar-refractivity contribution < 1.29 is 9.59 Å². The van der Waals surface area contributed by atoms with Crippen molar-refractivity contribution in [3.05, 3.63) is 48.2 Å². The van der Waals surface area contributed by atoms with Gasteiger partial charge in [-0.3, -0.25) is 9.59 Å². The lowest BCUT2D eigenvalue weighted by molar-refractivity contribution is -0.123. The van der Waals surface area contributed by atoms with Gasteiger partial charge in [0.25, 0.3) is 0 Å². The second-order valence-corrected chi connectivity index (χ2v) is 7.89. The third-order valence-electron chi connectivity index (χ3n) is 5.85. The van der Waals surface area contributed by atoms with Crippen molar-refractivity contribution in [1.29, 1.82) is 5.26 Å². The first kappa shape index (κ1) is 20.7. The summed E-state index contributed by atoms with van der Waals surface area (Å²) in [6.07, 6.45) is 6.63. The number of nitriles is 1. The summed E-state index contributed by atoms with van der Waals surface area (Å²) in [5.74, 6) is -2.44. The summed E-state index contributed by atoms with van der Waals surface area (Å²) in [6, 6.07) is 13.1. The van der Waals surface area contributed by atoms with Gasteiger partial charge in [0.2, 0.25) is 5.91 Å². The van der Waals surface area contributed by atoms with Crippen molar-refractivity contribution in [1.82, 2.24) is 20.1 Å². The van der Waals surface area contributed by atoms with Crippen LogP contribution < -0.4 is 5.32 Å². The van der Waals surface area contributed by atoms with Crippen LogP contribution in [0.3, 0.4) is 0 Å². The maximum absolute atomic E-state index is 13.4. The summed E-state index contributed by atoms with van der Waals surface area (Å²) in [6.45, 7) is 2.53. The van der Waals surface area contributed by atoms with Crippen molar-refractivity contribution in [3.8, 4) is 17.3 Å². The van der Waals surface area contributed by atoms with E-state index in [2.05, 4.69) is 10.4 Å². The molecule has 31 heavy (non-hydrogen) atoms. The van der Waals surface area contributed by atoms with Gasteiger partial charge in [0.1, 0.15) is 0 Å². The van der Waals surface area contributed by atoms with E-state index in [0.717, 1.165) is 37.7 Å². The molecule has 0 spiro atoms. The van der Waals surface area contributed by atoms with Crippen LogP contribution in [0.2, 0.25) is 0 Å². The number of amides is 1. The Hall–Kier alpha value is -3.53. The molecular weight excluding hydrogens is 390 g/mol. The molecule has 0 bridgehead atoms. The number of aromatic nitrogens is 3. The zero-order valence-corrected chi connectivity index (χ0v) is 17.5. The predicted molar refractivity (Wildman–Crippen MR) is 117 cm³/mol. The fraction of sp³-hybridized carbons (Fsp3) is 0.375. The quantitative estimate of drug-likeness (QED) is 0.486. The number of hydrogen-bond acceptors (Lipinski definition) is 5. The molecule has 0 saturated heterocycles. The molecule has 1 aromatic carbocycles. The highest BCUT2D eigenvalue weighted by Gasteiger charge is 2.31. The van der Waals surface area contributed by atoms with Gasteiger partial charge in [0.15, 0.2) is 17.3 Å². The van der Waals surface area contributed by atoms with E-state index in [4.69, 9.17) is 4.98 Å². The Balaban J connectivity index is 1.72. The summed E-state index contributed by atoms with van der Waals surface area (Å²) in [5.41, 5.74) is 2.32. The van der Waals surface area contributed by atoms with Crippen LogP contribution in [-0.2, 0) is 11.3 Å². The molecule has 2 aromatic heterocycles. The third-order valence-corrected chi connectivity index (χ3v) is 5.85. The van der Waals surface area contributed by atoms with Gasteiger partial charge in [-0.1, -0.05) is 49.6 Å². The predicted octanol–water partition coefficient (Wildman–Crippen LogP) is 3.89. The molecule has 4 rings (SSSR count). The minimum atomic E-state index is -1.40. The molecule has 7 nitrogen and oxygen atoms in total. The van der Waals surface area contributed by atoms with Gasteiger partial charge < -0.3 is 5.32 Å². The van der Waals surface area contributed by atoms with Gasteiger partial charge in [-0.05, 0) is 25.8 Å². The molecule has 1 unspecified atom stereocenters. The molecule has 1 fully saturated rings. The van der Waals surface area contributed by atoms with E-state index in [1.54, 1.807) is 16.9 Å². The average molecular weight is 415 g/mol. The van der Waals surface area contributed by atoms with Crippen LogP contribution in [0.4, 0.5) is 0 Å². The fourth-order valence-corrected chi connectivity index (χ4v) is 4.16. The molecule has 0 radical (unpaired) electrons. The molecule has 1 saturated carbocycles. The number of Topliss-reactive ketones (excluding diaryl/α,β-unsaturated/α-hetero) is 1. The lowest BCUT2D eigenvalue weighted by atomic mass is 9.92. The summed E-state index contributed by atoms with van der Waals surface area (Å²) in [4.78, 5) is 30.9. The van der Waals surface area contributed by atoms with E-state index in [1.165, 1.54) is 0 Å². The number of nitrogens with zero attached hydrogens (tertiary/aromatic N) is 4. The highest BCUT2D eigenvalue weighted by atomic mass is 16.2. The largest absolute Gasteiger partial charge is 0.352 e. The first-order chi connectivity index (χ1) is 15.1. The Kier molecular flexibility index (Phi) is 6.08. The highest BCUT2D eigenvalue weighted by molar-refractivity contribution is 6.17. The number of benzene rings is 1. The third kappa shape index (κ3) is 4.19. The van der Waals surface area contributed by atoms with Crippen LogP contribution in [0, 0.1) is 17.2 Å². The minimum Gasteiger partial charge on any atom is -0.352 e. The Morgan fingerprint density at radius 1 is 1.23 bits per heavy atom. The van der Waals surface area contributed by atoms with E-state index in [1.807, 2.05) is 43.3 Å². The van der Waals surface area contributed by atoms with Crippen molar-refractivity contribution in [2.45, 2.75) is 51.6 Å². The topological polar surface area (TPSA) is 101 Å². The summed E-state index contributed by atoms with van der Waals surface area (Å²) >= 11 is 0. The number of hydrogen-bond donors (Lipinski definition) is 1. The average Bonchev–Trinajstić information content (AvgIpc) is 3.23. The van der Waals surface area contributed by atoms with Crippen molar-refractivity contribution >= 4 is 22.7 Å². The number of carbonyl (C=O) groups excluding carboxylic acids is 2. The van der Waals surface area contributed by atoms with Crippen LogP contribution in [0.1, 0.15) is 49.4 Å². The van der Waals surface area contributed by atoms with E-state index in [0.29, 0.717) is 28.8 Å². The number of pyridine rings is 1. The summed E-state index contributed by atoms with van der Waals surface area (Å²) < 4.78 is 1.71. The maximum atomic E-state index is 13.4. The van der Waals surface area contributed by atoms with Gasteiger partial charge in [-0.25, -0.2) is 9.67 Å². The number of nitrogens with one attached hydrogen (secondary N) is 1. The van der Waals surface area contributed by atoms with Crippen LogP contribution >= 0.6 is 0 Å². The second kappa shape index (κ2) is 9.09. The lowest BCUT2D eigenvalue weighted by Gasteiger charge is -2.23. The van der Waals surface area contributed by atoms with Gasteiger partial charge in [0.05, 0.1) is 18.0 Å². The van der Waals surface area contributed by atoms with Gasteiger partial charge in [0, 0.05) is 29.1 Å². The molecule has 0 aliphatic heterocycles. The van der Waals surface area contributed by atoms with E-state index < -0.39 is 17.6 Å². The van der Waals surface area contributed by atoms with E-state index >= 15 is 0 Å². The molecular formula is C24H25N5O2. The van der Waals surface area contributed by atoms with Crippen molar-refractivity contribution in [3.63, 3.8) is 0 Å². The van der Waals surface area contributed by atoms with E-state index in [-0.39, 0.29) is 6.04 Å². The zero-order chi connectivity index (χ0) is 21.8. The van der Waals surface area contributed by atoms with Crippen molar-refractivity contribution in [2.24, 2.45) is 5.92 Å². The highest BCUT2D eigenvalue weighted by Crippen LogP contribution is 2.27. The van der Waals surface area contributed by atoms with Crippen LogP contribution in [0.5, 0.6) is 0 Å². The Morgan fingerprint density at radius 2 is 1.97 bits per heavy atom. The summed E-state index contributed by atoms with van der Waals surface area (Å²) in [7, 11) is 0. The molecule has 158 valence electrons. The summed E-state index contributed by atoms with van der Waals surface area (Å²) in [5, 5.41) is 17.5. The SMILES string of the molecule is CCn1ncc2c(C(=O)C(C#N)C(=O)NC3CCCCC3)cc(-c3ccccc3)nc21. The molecule has 3 aromatic rings. The van der Waals surface area contributed by atoms with E-state index in [9.17, 15) is 14.9 Å². The molecule has 1 atom stereocenters. The molecule has 1 amide bonds. The fourth-order valence-electron chi connectivity index (χ4n) is 4.16. The van der Waals surface area contributed by atoms with Gasteiger partial charge in [-0.15, -0.1) is 0 Å². The standard InChI is InChI=1S/C24H25N5O2/c1-2-29-23-20(15-26-29)18(13-21(28-23)16-9-5-3-6-10-16)22(30)19(14-25)24(31)27-17-11-7-4-8-12-17/h3,5-6,9-10,13,15,17,19H,2,4,7-8,11-12H2,1H3,(H,27,31). The molecule has 1 aliphatic rings. The maximum Gasteiger partial charge on any atom is 0.245 e. The number of ketones is 1. The molecule has 2 heterocycles. The lowest BCUT2D eigenvalue weighted by Crippen LogP contribution is -2.42. The number of rotatable bonds is 6. The van der Waals surface area contributed by atoms with Crippen molar-refractivity contribution in [2.75, 3.05) is 0 Å². The molecule has 1 aliphatic carbocycles. The molecule has 1 N–H and O–H groups in total. The zero-order valence-electron chi connectivity index (χ0n) is 17.5. The monoisotopic (exact) mass is 415 g/mol. The first-order valence-electron chi connectivity index (χ1n) is 10.8. The van der Waals surface area contributed by atoms with Crippen LogP contribution in [-0.4, -0.2) is 32.5 Å². The second-order valence-electron chi connectivity index (χ2n) is 7.89. The smallest absolute Gasteiger partial charge is 0.245 e. The van der Waals surface area contributed by atoms with Gasteiger partial charge in [-0.2, -0.15) is 10.4 Å².